The van der Waals surface area contributed by atoms with Crippen molar-refractivity contribution in [1.82, 2.24) is 10.2 Å². The summed E-state index contributed by atoms with van der Waals surface area (Å²) in [7, 11) is 3.48. The highest BCUT2D eigenvalue weighted by Gasteiger charge is 2.31. The molecule has 0 aromatic heterocycles. The van der Waals surface area contributed by atoms with Crippen LogP contribution in [0.3, 0.4) is 0 Å². The molecule has 0 bridgehead atoms. The van der Waals surface area contributed by atoms with Gasteiger partial charge in [0.15, 0.2) is 0 Å². The van der Waals surface area contributed by atoms with Crippen LogP contribution in [0.4, 0.5) is 0 Å². The second-order valence-electron chi connectivity index (χ2n) is 6.57. The average molecular weight is 302 g/mol. The molecule has 0 amide bonds. The Labute approximate surface area is 130 Å². The van der Waals surface area contributed by atoms with Gasteiger partial charge in [0.1, 0.15) is 0 Å². The van der Waals surface area contributed by atoms with E-state index in [-0.39, 0.29) is 12.1 Å². The van der Waals surface area contributed by atoms with Crippen molar-refractivity contribution in [2.24, 2.45) is 0 Å². The Morgan fingerprint density at radius 3 is 2.52 bits per heavy atom. The Hall–Kier alpha value is -0.200. The van der Waals surface area contributed by atoms with Crippen molar-refractivity contribution < 1.29 is 14.6 Å². The summed E-state index contributed by atoms with van der Waals surface area (Å²) < 4.78 is 10.5. The number of nitrogens with one attached hydrogen (secondary N) is 1. The zero-order chi connectivity index (χ0) is 15.7. The maximum atomic E-state index is 9.65. The molecule has 0 aliphatic heterocycles. The molecular weight excluding hydrogens is 268 g/mol. The number of rotatable bonds is 13. The first-order chi connectivity index (χ1) is 10.0. The summed E-state index contributed by atoms with van der Waals surface area (Å²) in [5.41, 5.74) is -0.140. The predicted molar refractivity (Wildman–Crippen MR) is 85.7 cm³/mol. The number of hydrogen-bond acceptors (Lipinski definition) is 5. The number of nitrogens with zero attached hydrogens (tertiary/aromatic N) is 1. The topological polar surface area (TPSA) is 54.0 Å². The standard InChI is InChI=1S/C16H34N2O3/c1-14(12-21-4)18(10-11-20-3)9-5-8-16(2,13-19)17-15-6-7-15/h14-15,17,19H,5-13H2,1-4H3. The summed E-state index contributed by atoms with van der Waals surface area (Å²) in [4.78, 5) is 2.40. The van der Waals surface area contributed by atoms with Crippen molar-refractivity contribution in [3.63, 3.8) is 0 Å². The lowest BCUT2D eigenvalue weighted by atomic mass is 9.96. The zero-order valence-electron chi connectivity index (χ0n) is 14.2. The van der Waals surface area contributed by atoms with Crippen LogP contribution < -0.4 is 5.32 Å². The normalized spacial score (nSPS) is 19.7. The number of ether oxygens (including phenoxy) is 2. The molecule has 1 rings (SSSR count). The van der Waals surface area contributed by atoms with Gasteiger partial charge >= 0.3 is 0 Å². The fourth-order valence-electron chi connectivity index (χ4n) is 2.70. The molecule has 0 radical (unpaired) electrons. The largest absolute Gasteiger partial charge is 0.394 e. The third kappa shape index (κ3) is 7.56. The van der Waals surface area contributed by atoms with Gasteiger partial charge in [-0.15, -0.1) is 0 Å². The molecule has 0 saturated heterocycles. The number of hydrogen-bond donors (Lipinski definition) is 2. The van der Waals surface area contributed by atoms with E-state index >= 15 is 0 Å². The summed E-state index contributed by atoms with van der Waals surface area (Å²) in [6.45, 7) is 7.93. The van der Waals surface area contributed by atoms with Crippen LogP contribution in [0.1, 0.15) is 39.5 Å². The highest BCUT2D eigenvalue weighted by atomic mass is 16.5. The van der Waals surface area contributed by atoms with Crippen LogP contribution in [0.15, 0.2) is 0 Å². The fraction of sp³-hybridized carbons (Fsp3) is 1.00. The van der Waals surface area contributed by atoms with Crippen molar-refractivity contribution in [1.29, 1.82) is 0 Å². The minimum Gasteiger partial charge on any atom is -0.394 e. The Kier molecular flexibility index (Phi) is 8.74. The molecule has 5 heteroatoms. The minimum atomic E-state index is -0.140. The van der Waals surface area contributed by atoms with E-state index in [4.69, 9.17) is 9.47 Å². The molecule has 5 nitrogen and oxygen atoms in total. The first kappa shape index (κ1) is 18.8. The molecule has 1 fully saturated rings. The molecule has 2 atom stereocenters. The van der Waals surface area contributed by atoms with E-state index in [1.807, 2.05) is 0 Å². The summed E-state index contributed by atoms with van der Waals surface area (Å²) in [5, 5.41) is 13.2. The second-order valence-corrected chi connectivity index (χ2v) is 6.57. The highest BCUT2D eigenvalue weighted by Crippen LogP contribution is 2.24. The van der Waals surface area contributed by atoms with Gasteiger partial charge in [0, 0.05) is 38.4 Å². The van der Waals surface area contributed by atoms with Gasteiger partial charge in [-0.1, -0.05) is 0 Å². The summed E-state index contributed by atoms with van der Waals surface area (Å²) in [5.74, 6) is 0. The molecule has 1 aliphatic rings. The van der Waals surface area contributed by atoms with Gasteiger partial charge in [0.25, 0.3) is 0 Å². The highest BCUT2D eigenvalue weighted by molar-refractivity contribution is 4.92. The van der Waals surface area contributed by atoms with E-state index in [9.17, 15) is 5.11 Å². The van der Waals surface area contributed by atoms with Crippen LogP contribution in [0, 0.1) is 0 Å². The van der Waals surface area contributed by atoms with Crippen LogP contribution in [-0.2, 0) is 9.47 Å². The molecular formula is C16H34N2O3. The second kappa shape index (κ2) is 9.74. The molecule has 126 valence electrons. The van der Waals surface area contributed by atoms with Gasteiger partial charge in [-0.3, -0.25) is 4.90 Å². The molecule has 2 unspecified atom stereocenters. The number of aliphatic hydroxyl groups is 1. The summed E-state index contributed by atoms with van der Waals surface area (Å²) >= 11 is 0. The smallest absolute Gasteiger partial charge is 0.0615 e. The summed E-state index contributed by atoms with van der Waals surface area (Å²) in [6.07, 6.45) is 4.55. The van der Waals surface area contributed by atoms with Crippen molar-refractivity contribution >= 4 is 0 Å². The number of aliphatic hydroxyl groups excluding tert-OH is 1. The quantitative estimate of drug-likeness (QED) is 0.536. The number of methoxy groups -OCH3 is 2. The first-order valence-corrected chi connectivity index (χ1v) is 8.15. The van der Waals surface area contributed by atoms with Gasteiger partial charge in [0.05, 0.1) is 19.8 Å². The molecule has 0 spiro atoms. The van der Waals surface area contributed by atoms with Crippen LogP contribution in [0.5, 0.6) is 0 Å². The first-order valence-electron chi connectivity index (χ1n) is 8.15. The van der Waals surface area contributed by atoms with Crippen molar-refractivity contribution in [2.45, 2.75) is 57.2 Å². The van der Waals surface area contributed by atoms with Crippen molar-refractivity contribution in [3.05, 3.63) is 0 Å². The van der Waals surface area contributed by atoms with E-state index in [0.29, 0.717) is 12.1 Å². The maximum Gasteiger partial charge on any atom is 0.0615 e. The average Bonchev–Trinajstić information content (AvgIpc) is 3.26. The van der Waals surface area contributed by atoms with E-state index in [1.54, 1.807) is 14.2 Å². The van der Waals surface area contributed by atoms with E-state index in [1.165, 1.54) is 12.8 Å². The van der Waals surface area contributed by atoms with Crippen LogP contribution in [0.2, 0.25) is 0 Å². The molecule has 0 aromatic carbocycles. The van der Waals surface area contributed by atoms with Crippen LogP contribution >= 0.6 is 0 Å². The third-order valence-electron chi connectivity index (χ3n) is 4.27. The van der Waals surface area contributed by atoms with Crippen molar-refractivity contribution in [3.8, 4) is 0 Å². The van der Waals surface area contributed by atoms with E-state index in [2.05, 4.69) is 24.1 Å². The molecule has 0 aromatic rings. The molecule has 1 aliphatic carbocycles. The lowest BCUT2D eigenvalue weighted by Crippen LogP contribution is -2.48. The van der Waals surface area contributed by atoms with Gasteiger partial charge in [-0.25, -0.2) is 0 Å². The molecule has 21 heavy (non-hydrogen) atoms. The lowest BCUT2D eigenvalue weighted by Gasteiger charge is -2.32. The van der Waals surface area contributed by atoms with Crippen molar-refractivity contribution in [2.75, 3.05) is 47.1 Å². The Bertz CT molecular complexity index is 274. The van der Waals surface area contributed by atoms with Crippen LogP contribution in [0.25, 0.3) is 0 Å². The predicted octanol–water partition coefficient (Wildman–Crippen LogP) is 1.25. The Morgan fingerprint density at radius 2 is 2.00 bits per heavy atom. The summed E-state index contributed by atoms with van der Waals surface area (Å²) in [6, 6.07) is 1.01. The SMILES string of the molecule is COCCN(CCCC(C)(CO)NC1CC1)C(C)COC. The monoisotopic (exact) mass is 302 g/mol. The molecule has 1 saturated carbocycles. The van der Waals surface area contributed by atoms with Gasteiger partial charge in [-0.05, 0) is 46.1 Å². The molecule has 2 N–H and O–H groups in total. The Balaban J connectivity index is 2.35. The van der Waals surface area contributed by atoms with Gasteiger partial charge < -0.3 is 19.9 Å². The van der Waals surface area contributed by atoms with Crippen LogP contribution in [-0.4, -0.2) is 74.8 Å². The Morgan fingerprint density at radius 1 is 1.29 bits per heavy atom. The lowest BCUT2D eigenvalue weighted by molar-refractivity contribution is 0.0706. The maximum absolute atomic E-state index is 9.65. The van der Waals surface area contributed by atoms with Gasteiger partial charge in [-0.2, -0.15) is 0 Å². The zero-order valence-corrected chi connectivity index (χ0v) is 14.2. The fourth-order valence-corrected chi connectivity index (χ4v) is 2.70. The minimum absolute atomic E-state index is 0.140. The van der Waals surface area contributed by atoms with E-state index < -0.39 is 0 Å². The van der Waals surface area contributed by atoms with Gasteiger partial charge in [0.2, 0.25) is 0 Å². The molecule has 0 heterocycles. The third-order valence-corrected chi connectivity index (χ3v) is 4.27. The van der Waals surface area contributed by atoms with E-state index in [0.717, 1.165) is 39.1 Å².